The van der Waals surface area contributed by atoms with Gasteiger partial charge in [0.05, 0.1) is 18.8 Å². The molecule has 2 N–H and O–H groups in total. The van der Waals surface area contributed by atoms with Crippen molar-refractivity contribution in [2.75, 3.05) is 0 Å². The van der Waals surface area contributed by atoms with E-state index in [1.165, 1.54) is 12.5 Å². The lowest BCUT2D eigenvalue weighted by molar-refractivity contribution is 0.276. The Morgan fingerprint density at radius 3 is 2.70 bits per heavy atom. The topological polar surface area (TPSA) is 105 Å². The normalized spacial score (nSPS) is 11.8. The molecule has 2 heterocycles. The van der Waals surface area contributed by atoms with E-state index >= 15 is 0 Å². The first-order valence-electron chi connectivity index (χ1n) is 5.90. The van der Waals surface area contributed by atoms with E-state index in [2.05, 4.69) is 14.7 Å². The molecule has 108 valence electrons. The molecule has 0 fully saturated rings. The number of sulfonamides is 1. The van der Waals surface area contributed by atoms with Gasteiger partial charge in [-0.1, -0.05) is 0 Å². The van der Waals surface area contributed by atoms with E-state index in [4.69, 9.17) is 4.42 Å². The van der Waals surface area contributed by atoms with Crippen molar-refractivity contribution in [2.45, 2.75) is 31.9 Å². The third-order valence-electron chi connectivity index (χ3n) is 2.84. The summed E-state index contributed by atoms with van der Waals surface area (Å²) in [7, 11) is -3.78. The Morgan fingerprint density at radius 2 is 2.10 bits per heavy atom. The van der Waals surface area contributed by atoms with Crippen LogP contribution in [0.4, 0.5) is 0 Å². The van der Waals surface area contributed by atoms with Crippen LogP contribution in [-0.4, -0.2) is 23.5 Å². The van der Waals surface area contributed by atoms with Gasteiger partial charge in [0, 0.05) is 11.8 Å². The Kier molecular flexibility index (Phi) is 4.17. The molecular weight excluding hydrogens is 282 g/mol. The minimum atomic E-state index is -3.78. The van der Waals surface area contributed by atoms with Crippen LogP contribution in [0.3, 0.4) is 0 Å². The van der Waals surface area contributed by atoms with Crippen LogP contribution in [0.15, 0.2) is 27.9 Å². The molecule has 0 aromatic carbocycles. The van der Waals surface area contributed by atoms with E-state index in [9.17, 15) is 13.5 Å². The Balaban J connectivity index is 2.27. The van der Waals surface area contributed by atoms with Gasteiger partial charge in [0.25, 0.3) is 0 Å². The zero-order chi connectivity index (χ0) is 14.8. The molecular formula is C12H15N3O4S. The van der Waals surface area contributed by atoms with Crippen LogP contribution in [0.25, 0.3) is 0 Å². The summed E-state index contributed by atoms with van der Waals surface area (Å²) in [5.74, 6) is 0.647. The minimum absolute atomic E-state index is 0.00782. The van der Waals surface area contributed by atoms with Crippen molar-refractivity contribution in [3.05, 3.63) is 41.4 Å². The molecule has 20 heavy (non-hydrogen) atoms. The van der Waals surface area contributed by atoms with Gasteiger partial charge < -0.3 is 9.52 Å². The molecule has 0 aliphatic carbocycles. The Bertz CT molecular complexity index is 695. The molecule has 2 aromatic rings. The number of aromatic nitrogens is 2. The van der Waals surface area contributed by atoms with E-state index in [1.807, 2.05) is 0 Å². The quantitative estimate of drug-likeness (QED) is 0.839. The molecule has 0 amide bonds. The number of aliphatic hydroxyl groups is 1. The van der Waals surface area contributed by atoms with Gasteiger partial charge in [0.2, 0.25) is 10.0 Å². The number of furan rings is 1. The van der Waals surface area contributed by atoms with Gasteiger partial charge in [-0.3, -0.25) is 0 Å². The van der Waals surface area contributed by atoms with Gasteiger partial charge in [0.1, 0.15) is 22.7 Å². The molecule has 0 aliphatic rings. The summed E-state index contributed by atoms with van der Waals surface area (Å²) in [5.41, 5.74) is 0.824. The van der Waals surface area contributed by atoms with Gasteiger partial charge >= 0.3 is 0 Å². The van der Waals surface area contributed by atoms with E-state index in [1.54, 1.807) is 19.9 Å². The maximum Gasteiger partial charge on any atom is 0.244 e. The summed E-state index contributed by atoms with van der Waals surface area (Å²) in [6.07, 6.45) is 2.87. The molecule has 2 rings (SSSR count). The monoisotopic (exact) mass is 297 g/mol. The van der Waals surface area contributed by atoms with Gasteiger partial charge in [-0.25, -0.2) is 23.1 Å². The second kappa shape index (κ2) is 5.70. The first kappa shape index (κ1) is 14.6. The van der Waals surface area contributed by atoms with Crippen LogP contribution < -0.4 is 4.72 Å². The molecule has 0 radical (unpaired) electrons. The highest BCUT2D eigenvalue weighted by molar-refractivity contribution is 7.89. The molecule has 0 spiro atoms. The predicted octanol–water partition coefficient (Wildman–Crippen LogP) is 0.657. The van der Waals surface area contributed by atoms with Crippen LogP contribution in [0.5, 0.6) is 0 Å². The number of nitrogens with one attached hydrogen (secondary N) is 1. The Hall–Kier alpha value is -1.77. The van der Waals surface area contributed by atoms with E-state index in [0.717, 1.165) is 0 Å². The lowest BCUT2D eigenvalue weighted by atomic mass is 10.2. The number of hydrogen-bond donors (Lipinski definition) is 2. The van der Waals surface area contributed by atoms with Crippen LogP contribution in [0.2, 0.25) is 0 Å². The summed E-state index contributed by atoms with van der Waals surface area (Å²) in [5, 5.41) is 9.29. The molecule has 0 saturated heterocycles. The van der Waals surface area contributed by atoms with Gasteiger partial charge in [-0.05, 0) is 19.9 Å². The fourth-order valence-corrected chi connectivity index (χ4v) is 3.34. The molecule has 8 heteroatoms. The molecule has 0 bridgehead atoms. The highest BCUT2D eigenvalue weighted by Gasteiger charge is 2.26. The number of aliphatic hydroxyl groups excluding tert-OH is 1. The fourth-order valence-electron chi connectivity index (χ4n) is 1.91. The lowest BCUT2D eigenvalue weighted by Gasteiger charge is -2.07. The average Bonchev–Trinajstić information content (AvgIpc) is 2.72. The molecule has 0 atom stereocenters. The first-order valence-corrected chi connectivity index (χ1v) is 7.38. The average molecular weight is 297 g/mol. The Morgan fingerprint density at radius 1 is 1.35 bits per heavy atom. The van der Waals surface area contributed by atoms with Crippen molar-refractivity contribution in [2.24, 2.45) is 0 Å². The zero-order valence-corrected chi connectivity index (χ0v) is 11.9. The Labute approximate surface area is 116 Å². The van der Waals surface area contributed by atoms with E-state index < -0.39 is 16.6 Å². The molecule has 7 nitrogen and oxygen atoms in total. The molecule has 0 unspecified atom stereocenters. The summed E-state index contributed by atoms with van der Waals surface area (Å²) in [4.78, 5) is 7.68. The highest BCUT2D eigenvalue weighted by atomic mass is 32.2. The lowest BCUT2D eigenvalue weighted by Crippen LogP contribution is -2.25. The van der Waals surface area contributed by atoms with Crippen molar-refractivity contribution in [1.29, 1.82) is 0 Å². The second-order valence-corrected chi connectivity index (χ2v) is 5.91. The van der Waals surface area contributed by atoms with Crippen molar-refractivity contribution in [3.63, 3.8) is 0 Å². The van der Waals surface area contributed by atoms with Crippen molar-refractivity contribution >= 4 is 10.0 Å². The van der Waals surface area contributed by atoms with E-state index in [0.29, 0.717) is 11.5 Å². The number of rotatable bonds is 5. The van der Waals surface area contributed by atoms with E-state index in [-0.39, 0.29) is 22.8 Å². The maximum absolute atomic E-state index is 12.3. The van der Waals surface area contributed by atoms with Gasteiger partial charge in [-0.15, -0.1) is 0 Å². The minimum Gasteiger partial charge on any atom is -0.465 e. The zero-order valence-electron chi connectivity index (χ0n) is 11.1. The molecule has 0 saturated carbocycles. The van der Waals surface area contributed by atoms with Crippen LogP contribution in [0.1, 0.15) is 22.8 Å². The summed E-state index contributed by atoms with van der Waals surface area (Å²) in [6, 6.07) is 1.61. The van der Waals surface area contributed by atoms with Gasteiger partial charge in [0.15, 0.2) is 0 Å². The van der Waals surface area contributed by atoms with Crippen molar-refractivity contribution in [1.82, 2.24) is 14.7 Å². The fraction of sp³-hybridized carbons (Fsp3) is 0.333. The standard InChI is InChI=1S/C12H15N3O4S/c1-8-11(6-16)12(9(2)19-8)20(17,18)15-5-10-3-4-13-7-14-10/h3-4,7,15-16H,5-6H2,1-2H3. The van der Waals surface area contributed by atoms with Crippen molar-refractivity contribution < 1.29 is 17.9 Å². The third-order valence-corrected chi connectivity index (χ3v) is 4.43. The van der Waals surface area contributed by atoms with Crippen LogP contribution >= 0.6 is 0 Å². The van der Waals surface area contributed by atoms with Crippen molar-refractivity contribution in [3.8, 4) is 0 Å². The molecule has 2 aromatic heterocycles. The summed E-state index contributed by atoms with van der Waals surface area (Å²) >= 11 is 0. The summed E-state index contributed by atoms with van der Waals surface area (Å²) < 4.78 is 32.3. The number of nitrogens with zero attached hydrogens (tertiary/aromatic N) is 2. The first-order chi connectivity index (χ1) is 9.45. The number of hydrogen-bond acceptors (Lipinski definition) is 6. The van der Waals surface area contributed by atoms with Gasteiger partial charge in [-0.2, -0.15) is 0 Å². The molecule has 0 aliphatic heterocycles. The van der Waals surface area contributed by atoms with Crippen LogP contribution in [0, 0.1) is 13.8 Å². The highest BCUT2D eigenvalue weighted by Crippen LogP contribution is 2.26. The SMILES string of the molecule is Cc1oc(C)c(S(=O)(=O)NCc2ccncn2)c1CO. The third kappa shape index (κ3) is 2.87. The number of aryl methyl sites for hydroxylation is 2. The smallest absolute Gasteiger partial charge is 0.244 e. The largest absolute Gasteiger partial charge is 0.465 e. The maximum atomic E-state index is 12.3. The summed E-state index contributed by atoms with van der Waals surface area (Å²) in [6.45, 7) is 2.81. The second-order valence-electron chi connectivity index (χ2n) is 4.21. The predicted molar refractivity (Wildman–Crippen MR) is 70.2 cm³/mol. The van der Waals surface area contributed by atoms with Crippen LogP contribution in [-0.2, 0) is 23.2 Å².